The van der Waals surface area contributed by atoms with Gasteiger partial charge in [0.25, 0.3) is 0 Å². The number of aromatic nitrogens is 2. The van der Waals surface area contributed by atoms with Gasteiger partial charge >= 0.3 is 0 Å². The van der Waals surface area contributed by atoms with E-state index >= 15 is 0 Å². The van der Waals surface area contributed by atoms with Gasteiger partial charge in [-0.25, -0.2) is 9.97 Å². The molecular formula is C8H11N2. The minimum Gasteiger partial charge on any atom is -0.234 e. The summed E-state index contributed by atoms with van der Waals surface area (Å²) in [5.41, 5.74) is 1.07. The molecule has 0 aliphatic rings. The number of hydrogen-bond acceptors (Lipinski definition) is 2. The number of rotatable bonds is 2. The van der Waals surface area contributed by atoms with Crippen molar-refractivity contribution < 1.29 is 0 Å². The summed E-state index contributed by atoms with van der Waals surface area (Å²) in [5, 5.41) is 0. The Balaban J connectivity index is 2.59. The lowest BCUT2D eigenvalue weighted by Crippen LogP contribution is -1.96. The van der Waals surface area contributed by atoms with Gasteiger partial charge in [-0.1, -0.05) is 13.8 Å². The molecule has 1 aromatic heterocycles. The second-order valence-corrected chi connectivity index (χ2v) is 2.75. The lowest BCUT2D eigenvalue weighted by molar-refractivity contribution is 0.633. The average Bonchev–Trinajstić information content (AvgIpc) is 1.88. The summed E-state index contributed by atoms with van der Waals surface area (Å²) in [7, 11) is 0. The number of hydrogen-bond donors (Lipinski definition) is 0. The van der Waals surface area contributed by atoms with Crippen molar-refractivity contribution in [1.82, 2.24) is 9.97 Å². The van der Waals surface area contributed by atoms with Crippen LogP contribution < -0.4 is 0 Å². The first-order valence-corrected chi connectivity index (χ1v) is 3.47. The van der Waals surface area contributed by atoms with Gasteiger partial charge in [-0.3, -0.25) is 0 Å². The molecule has 1 heterocycles. The van der Waals surface area contributed by atoms with E-state index in [0.29, 0.717) is 5.92 Å². The number of nitrogens with zero attached hydrogens (tertiary/aromatic N) is 2. The molecule has 0 N–H and O–H groups in total. The van der Waals surface area contributed by atoms with Crippen LogP contribution in [0.3, 0.4) is 0 Å². The molecule has 2 heteroatoms. The molecular weight excluding hydrogens is 124 g/mol. The summed E-state index contributed by atoms with van der Waals surface area (Å²) in [6, 6.07) is 1.93. The molecule has 1 radical (unpaired) electrons. The minimum atomic E-state index is 0.656. The second kappa shape index (κ2) is 3.30. The quantitative estimate of drug-likeness (QED) is 0.613. The molecule has 0 aliphatic carbocycles. The molecule has 1 aromatic rings. The Morgan fingerprint density at radius 2 is 2.40 bits per heavy atom. The van der Waals surface area contributed by atoms with Crippen molar-refractivity contribution >= 4 is 0 Å². The van der Waals surface area contributed by atoms with E-state index in [1.54, 1.807) is 6.20 Å². The van der Waals surface area contributed by atoms with Crippen molar-refractivity contribution in [2.75, 3.05) is 0 Å². The highest BCUT2D eigenvalue weighted by Gasteiger charge is 1.96. The van der Waals surface area contributed by atoms with E-state index in [-0.39, 0.29) is 0 Å². The first kappa shape index (κ1) is 7.19. The van der Waals surface area contributed by atoms with E-state index in [0.717, 1.165) is 12.1 Å². The fraction of sp³-hybridized carbons (Fsp3) is 0.500. The largest absolute Gasteiger partial charge is 0.234 e. The van der Waals surface area contributed by atoms with E-state index in [1.807, 2.05) is 6.07 Å². The molecule has 0 bridgehead atoms. The van der Waals surface area contributed by atoms with Gasteiger partial charge in [-0.05, 0) is 18.4 Å². The molecule has 0 aliphatic heterocycles. The van der Waals surface area contributed by atoms with Crippen LogP contribution in [0, 0.1) is 12.2 Å². The highest BCUT2D eigenvalue weighted by molar-refractivity contribution is 4.97. The minimum absolute atomic E-state index is 0.656. The topological polar surface area (TPSA) is 25.8 Å². The Kier molecular flexibility index (Phi) is 2.37. The van der Waals surface area contributed by atoms with Crippen LogP contribution in [0.25, 0.3) is 0 Å². The third kappa shape index (κ3) is 2.13. The van der Waals surface area contributed by atoms with E-state index in [4.69, 9.17) is 0 Å². The van der Waals surface area contributed by atoms with Gasteiger partial charge in [0.15, 0.2) is 6.33 Å². The van der Waals surface area contributed by atoms with Crippen LogP contribution in [0.2, 0.25) is 0 Å². The Hall–Kier alpha value is -0.920. The Morgan fingerprint density at radius 1 is 1.60 bits per heavy atom. The van der Waals surface area contributed by atoms with E-state index in [1.165, 1.54) is 0 Å². The van der Waals surface area contributed by atoms with E-state index in [9.17, 15) is 0 Å². The fourth-order valence-electron chi connectivity index (χ4n) is 0.819. The van der Waals surface area contributed by atoms with Crippen molar-refractivity contribution in [1.29, 1.82) is 0 Å². The standard InChI is InChI=1S/C8H11N2/c1-7(2)5-8-3-4-9-6-10-8/h3-4,7H,5H2,1-2H3. The summed E-state index contributed by atoms with van der Waals surface area (Å²) < 4.78 is 0. The van der Waals surface area contributed by atoms with Gasteiger partial charge in [0.05, 0.1) is 0 Å². The third-order valence-corrected chi connectivity index (χ3v) is 1.21. The maximum Gasteiger partial charge on any atom is 0.197 e. The molecule has 0 aromatic carbocycles. The van der Waals surface area contributed by atoms with Crippen LogP contribution in [-0.2, 0) is 6.42 Å². The van der Waals surface area contributed by atoms with Gasteiger partial charge < -0.3 is 0 Å². The van der Waals surface area contributed by atoms with Gasteiger partial charge in [0.2, 0.25) is 0 Å². The molecule has 0 amide bonds. The van der Waals surface area contributed by atoms with Gasteiger partial charge in [0.1, 0.15) is 0 Å². The predicted octanol–water partition coefficient (Wildman–Crippen LogP) is 1.48. The maximum atomic E-state index is 3.98. The first-order chi connectivity index (χ1) is 4.79. The zero-order valence-corrected chi connectivity index (χ0v) is 6.33. The van der Waals surface area contributed by atoms with Crippen LogP contribution in [0.15, 0.2) is 12.3 Å². The van der Waals surface area contributed by atoms with Crippen molar-refractivity contribution in [3.8, 4) is 0 Å². The summed E-state index contributed by atoms with van der Waals surface area (Å²) in [5.74, 6) is 0.656. The molecule has 0 saturated carbocycles. The lowest BCUT2D eigenvalue weighted by atomic mass is 10.1. The van der Waals surface area contributed by atoms with Crippen molar-refractivity contribution in [2.24, 2.45) is 5.92 Å². The molecule has 1 rings (SSSR count). The highest BCUT2D eigenvalue weighted by Crippen LogP contribution is 2.01. The van der Waals surface area contributed by atoms with Crippen molar-refractivity contribution in [3.05, 3.63) is 24.3 Å². The Morgan fingerprint density at radius 3 is 2.90 bits per heavy atom. The molecule has 0 atom stereocenters. The lowest BCUT2D eigenvalue weighted by Gasteiger charge is -2.00. The first-order valence-electron chi connectivity index (χ1n) is 3.47. The highest BCUT2D eigenvalue weighted by atomic mass is 14.8. The van der Waals surface area contributed by atoms with E-state index in [2.05, 4.69) is 30.1 Å². The van der Waals surface area contributed by atoms with Crippen LogP contribution >= 0.6 is 0 Å². The molecule has 0 spiro atoms. The molecule has 10 heavy (non-hydrogen) atoms. The maximum absolute atomic E-state index is 3.98. The zero-order valence-electron chi connectivity index (χ0n) is 6.33. The van der Waals surface area contributed by atoms with Crippen LogP contribution in [-0.4, -0.2) is 9.97 Å². The fourth-order valence-corrected chi connectivity index (χ4v) is 0.819. The molecule has 2 nitrogen and oxygen atoms in total. The van der Waals surface area contributed by atoms with Gasteiger partial charge in [-0.15, -0.1) is 0 Å². The average molecular weight is 135 g/mol. The SMILES string of the molecule is CC(C)Cc1ccn[c]n1. The van der Waals surface area contributed by atoms with Crippen LogP contribution in [0.1, 0.15) is 19.5 Å². The van der Waals surface area contributed by atoms with Gasteiger partial charge in [-0.2, -0.15) is 0 Å². The smallest absolute Gasteiger partial charge is 0.197 e. The summed E-state index contributed by atoms with van der Waals surface area (Å²) in [6.07, 6.45) is 5.31. The monoisotopic (exact) mass is 135 g/mol. The van der Waals surface area contributed by atoms with Crippen LogP contribution in [0.4, 0.5) is 0 Å². The summed E-state index contributed by atoms with van der Waals surface area (Å²) >= 11 is 0. The predicted molar refractivity (Wildman–Crippen MR) is 39.4 cm³/mol. The summed E-state index contributed by atoms with van der Waals surface area (Å²) in [4.78, 5) is 7.70. The van der Waals surface area contributed by atoms with Crippen LogP contribution in [0.5, 0.6) is 0 Å². The third-order valence-electron chi connectivity index (χ3n) is 1.21. The van der Waals surface area contributed by atoms with Gasteiger partial charge in [0, 0.05) is 11.9 Å². The molecule has 53 valence electrons. The van der Waals surface area contributed by atoms with Crippen molar-refractivity contribution in [2.45, 2.75) is 20.3 Å². The summed E-state index contributed by atoms with van der Waals surface area (Å²) in [6.45, 7) is 4.34. The molecule has 0 saturated heterocycles. The molecule has 0 unspecified atom stereocenters. The Bertz CT molecular complexity index is 182. The van der Waals surface area contributed by atoms with E-state index < -0.39 is 0 Å². The van der Waals surface area contributed by atoms with Crippen molar-refractivity contribution in [3.63, 3.8) is 0 Å². The zero-order chi connectivity index (χ0) is 7.40. The second-order valence-electron chi connectivity index (χ2n) is 2.75. The Labute approximate surface area is 61.3 Å². The normalized spacial score (nSPS) is 10.3. The molecule has 0 fully saturated rings.